The van der Waals surface area contributed by atoms with Crippen LogP contribution in [0, 0.1) is 6.92 Å². The number of hydrogen-bond donors (Lipinski definition) is 0. The Morgan fingerprint density at radius 1 is 0.694 bits per heavy atom. The molecule has 2 aliphatic rings. The third-order valence-electron chi connectivity index (χ3n) is 8.29. The van der Waals surface area contributed by atoms with E-state index in [-0.39, 0.29) is 0 Å². The molecule has 5 aromatic carbocycles. The van der Waals surface area contributed by atoms with Crippen molar-refractivity contribution in [3.8, 4) is 22.3 Å². The molecule has 7 rings (SSSR count). The van der Waals surface area contributed by atoms with E-state index < -0.39 is 0 Å². The molecule has 0 heterocycles. The number of rotatable bonds is 4. The maximum Gasteiger partial charge on any atom is 0.0311 e. The molecule has 0 heteroatoms. The van der Waals surface area contributed by atoms with Crippen molar-refractivity contribution in [2.75, 3.05) is 0 Å². The van der Waals surface area contributed by atoms with E-state index in [1.165, 1.54) is 66.4 Å². The van der Waals surface area contributed by atoms with Gasteiger partial charge < -0.3 is 0 Å². The van der Waals surface area contributed by atoms with Gasteiger partial charge >= 0.3 is 0 Å². The lowest BCUT2D eigenvalue weighted by Gasteiger charge is -2.22. The van der Waals surface area contributed by atoms with Crippen LogP contribution < -0.4 is 0 Å². The number of hydrogen-bond acceptors (Lipinski definition) is 0. The van der Waals surface area contributed by atoms with Crippen LogP contribution in [0.3, 0.4) is 0 Å². The van der Waals surface area contributed by atoms with Gasteiger partial charge in [-0.1, -0.05) is 122 Å². The smallest absolute Gasteiger partial charge is 0.0311 e. The molecular formula is C36H30. The zero-order valence-electron chi connectivity index (χ0n) is 21.0. The highest BCUT2D eigenvalue weighted by molar-refractivity contribution is 6.01. The second kappa shape index (κ2) is 8.35. The van der Waals surface area contributed by atoms with Crippen molar-refractivity contribution in [2.24, 2.45) is 0 Å². The zero-order chi connectivity index (χ0) is 24.2. The van der Waals surface area contributed by atoms with Crippen LogP contribution in [0.2, 0.25) is 0 Å². The predicted octanol–water partition coefficient (Wildman–Crippen LogP) is 9.72. The molecule has 0 fully saturated rings. The molecule has 0 N–H and O–H groups in total. The molecular weight excluding hydrogens is 432 g/mol. The maximum atomic E-state index is 2.53. The number of aryl methyl sites for hydroxylation is 1. The summed E-state index contributed by atoms with van der Waals surface area (Å²) >= 11 is 0. The van der Waals surface area contributed by atoms with E-state index in [2.05, 4.69) is 117 Å². The quantitative estimate of drug-likeness (QED) is 0.244. The summed E-state index contributed by atoms with van der Waals surface area (Å²) in [6, 6.07) is 36.3. The van der Waals surface area contributed by atoms with Crippen LogP contribution in [0.1, 0.15) is 59.1 Å². The van der Waals surface area contributed by atoms with Gasteiger partial charge in [0, 0.05) is 5.92 Å². The summed E-state index contributed by atoms with van der Waals surface area (Å²) < 4.78 is 0. The van der Waals surface area contributed by atoms with Gasteiger partial charge in [0.15, 0.2) is 0 Å². The van der Waals surface area contributed by atoms with Crippen LogP contribution >= 0.6 is 0 Å². The number of allylic oxidation sites excluding steroid dienone is 1. The van der Waals surface area contributed by atoms with Gasteiger partial charge in [-0.05, 0) is 86.2 Å². The van der Waals surface area contributed by atoms with Gasteiger partial charge in [0.2, 0.25) is 0 Å². The van der Waals surface area contributed by atoms with Crippen molar-refractivity contribution in [3.63, 3.8) is 0 Å². The minimum absolute atomic E-state index is 0.333. The molecule has 0 bridgehead atoms. The monoisotopic (exact) mass is 462 g/mol. The molecule has 1 unspecified atom stereocenters. The van der Waals surface area contributed by atoms with Crippen LogP contribution in [0.15, 0.2) is 103 Å². The van der Waals surface area contributed by atoms with Crippen LogP contribution in [-0.4, -0.2) is 0 Å². The summed E-state index contributed by atoms with van der Waals surface area (Å²) in [5, 5.41) is 2.65. The standard InChI is InChI=1S/C36H30/c1-3-10-26-22-34-30(35-23(2)19-20-24-11-4-7-14-28(24)35)16-9-18-32(34)36(26)31-17-8-15-29-27-13-6-5-12-25(27)21-33(29)31/h4-9,11-20,22,36H,3,10,21H2,1-2H3. The Morgan fingerprint density at radius 2 is 1.44 bits per heavy atom. The first-order chi connectivity index (χ1) is 17.7. The summed E-state index contributed by atoms with van der Waals surface area (Å²) in [6.45, 7) is 4.56. The lowest BCUT2D eigenvalue weighted by atomic mass is 9.82. The van der Waals surface area contributed by atoms with Crippen molar-refractivity contribution in [3.05, 3.63) is 136 Å². The molecule has 0 saturated heterocycles. The minimum atomic E-state index is 0.333. The van der Waals surface area contributed by atoms with E-state index in [0.29, 0.717) is 5.92 Å². The summed E-state index contributed by atoms with van der Waals surface area (Å²) in [5.74, 6) is 0.333. The molecule has 2 aliphatic carbocycles. The Kier molecular flexibility index (Phi) is 4.96. The highest BCUT2D eigenvalue weighted by atomic mass is 14.4. The topological polar surface area (TPSA) is 0 Å². The summed E-state index contributed by atoms with van der Waals surface area (Å²) in [7, 11) is 0. The third-order valence-corrected chi connectivity index (χ3v) is 8.29. The molecule has 0 saturated carbocycles. The number of benzene rings is 5. The fourth-order valence-corrected chi connectivity index (χ4v) is 6.75. The molecule has 1 atom stereocenters. The van der Waals surface area contributed by atoms with Crippen LogP contribution in [-0.2, 0) is 6.42 Å². The average molecular weight is 463 g/mol. The van der Waals surface area contributed by atoms with Crippen molar-refractivity contribution in [1.29, 1.82) is 0 Å². The van der Waals surface area contributed by atoms with Gasteiger partial charge in [0.05, 0.1) is 0 Å². The molecule has 36 heavy (non-hydrogen) atoms. The lowest BCUT2D eigenvalue weighted by molar-refractivity contribution is 0.824. The van der Waals surface area contributed by atoms with Gasteiger partial charge in [-0.15, -0.1) is 0 Å². The van der Waals surface area contributed by atoms with Crippen molar-refractivity contribution >= 4 is 16.8 Å². The van der Waals surface area contributed by atoms with Gasteiger partial charge in [0.25, 0.3) is 0 Å². The average Bonchev–Trinajstić information content (AvgIpc) is 3.47. The van der Waals surface area contributed by atoms with E-state index in [9.17, 15) is 0 Å². The Hall–Kier alpha value is -3.90. The zero-order valence-corrected chi connectivity index (χ0v) is 21.0. The predicted molar refractivity (Wildman–Crippen MR) is 154 cm³/mol. The summed E-state index contributed by atoms with van der Waals surface area (Å²) in [5.41, 5.74) is 15.8. The fraction of sp³-hybridized carbons (Fsp3) is 0.167. The Morgan fingerprint density at radius 3 is 2.33 bits per heavy atom. The van der Waals surface area contributed by atoms with Crippen LogP contribution in [0.4, 0.5) is 0 Å². The molecule has 0 radical (unpaired) electrons. The van der Waals surface area contributed by atoms with Crippen LogP contribution in [0.25, 0.3) is 39.1 Å². The molecule has 0 spiro atoms. The molecule has 0 aromatic heterocycles. The van der Waals surface area contributed by atoms with Crippen molar-refractivity contribution in [1.82, 2.24) is 0 Å². The second-order valence-corrected chi connectivity index (χ2v) is 10.4. The molecule has 174 valence electrons. The SMILES string of the molecule is CCCC1=Cc2c(-c3c(C)ccc4ccccc34)cccc2C1c1cccc2c1Cc1ccccc1-2. The summed E-state index contributed by atoms with van der Waals surface area (Å²) in [6.07, 6.45) is 5.86. The third kappa shape index (κ3) is 3.14. The Balaban J connectivity index is 1.45. The molecule has 0 amide bonds. The first-order valence-electron chi connectivity index (χ1n) is 13.3. The normalized spacial score (nSPS) is 15.5. The Labute approximate surface area is 214 Å². The highest BCUT2D eigenvalue weighted by Gasteiger charge is 2.32. The van der Waals surface area contributed by atoms with E-state index >= 15 is 0 Å². The second-order valence-electron chi connectivity index (χ2n) is 10.4. The van der Waals surface area contributed by atoms with Crippen molar-refractivity contribution in [2.45, 2.75) is 39.0 Å². The van der Waals surface area contributed by atoms with E-state index in [1.807, 2.05) is 0 Å². The maximum absolute atomic E-state index is 2.53. The van der Waals surface area contributed by atoms with Crippen molar-refractivity contribution < 1.29 is 0 Å². The van der Waals surface area contributed by atoms with Crippen LogP contribution in [0.5, 0.6) is 0 Å². The first kappa shape index (κ1) is 21.4. The molecule has 5 aromatic rings. The fourth-order valence-electron chi connectivity index (χ4n) is 6.75. The molecule has 0 nitrogen and oxygen atoms in total. The van der Waals surface area contributed by atoms with E-state index in [0.717, 1.165) is 19.3 Å². The van der Waals surface area contributed by atoms with E-state index in [4.69, 9.17) is 0 Å². The highest BCUT2D eigenvalue weighted by Crippen LogP contribution is 2.50. The van der Waals surface area contributed by atoms with Gasteiger partial charge in [-0.25, -0.2) is 0 Å². The Bertz CT molecular complexity index is 1680. The number of fused-ring (bicyclic) bond motifs is 5. The van der Waals surface area contributed by atoms with Gasteiger partial charge in [-0.2, -0.15) is 0 Å². The minimum Gasteiger partial charge on any atom is -0.0651 e. The van der Waals surface area contributed by atoms with E-state index in [1.54, 1.807) is 5.57 Å². The summed E-state index contributed by atoms with van der Waals surface area (Å²) in [4.78, 5) is 0. The first-order valence-corrected chi connectivity index (χ1v) is 13.3. The van der Waals surface area contributed by atoms with Gasteiger partial charge in [-0.3, -0.25) is 0 Å². The molecule has 0 aliphatic heterocycles. The lowest BCUT2D eigenvalue weighted by Crippen LogP contribution is -2.05. The van der Waals surface area contributed by atoms with Gasteiger partial charge in [0.1, 0.15) is 0 Å². The largest absolute Gasteiger partial charge is 0.0651 e.